The van der Waals surface area contributed by atoms with E-state index < -0.39 is 11.7 Å². The molecule has 3 aromatic carbocycles. The van der Waals surface area contributed by atoms with E-state index in [2.05, 4.69) is 49.0 Å². The summed E-state index contributed by atoms with van der Waals surface area (Å²) in [4.78, 5) is 12.1. The van der Waals surface area contributed by atoms with Crippen LogP contribution in [0.3, 0.4) is 0 Å². The zero-order chi connectivity index (χ0) is 22.2. The van der Waals surface area contributed by atoms with Crippen LogP contribution in [0.25, 0.3) is 0 Å². The minimum atomic E-state index is -0.433. The van der Waals surface area contributed by atoms with Crippen molar-refractivity contribution < 1.29 is 18.7 Å². The standard InChI is InChI=1S/C23H19BrFIN2O3/c1-2-30-21-12-16(13-27-28-23(29)17-5-7-18(25)8-6-17)11-20(24)22(21)31-14-15-3-9-19(26)10-4-15/h3-13H,2,14H2,1H3,(H,28,29)/b27-13-. The summed E-state index contributed by atoms with van der Waals surface area (Å²) < 4.78 is 26.6. The third kappa shape index (κ3) is 6.76. The summed E-state index contributed by atoms with van der Waals surface area (Å²) >= 11 is 5.79. The quantitative estimate of drug-likeness (QED) is 0.199. The van der Waals surface area contributed by atoms with E-state index >= 15 is 0 Å². The number of hydrogen-bond acceptors (Lipinski definition) is 4. The van der Waals surface area contributed by atoms with Crippen LogP contribution in [0, 0.1) is 9.39 Å². The van der Waals surface area contributed by atoms with E-state index in [9.17, 15) is 9.18 Å². The van der Waals surface area contributed by atoms with Crippen molar-refractivity contribution in [3.63, 3.8) is 0 Å². The minimum absolute atomic E-state index is 0.314. The van der Waals surface area contributed by atoms with Gasteiger partial charge in [0.2, 0.25) is 0 Å². The smallest absolute Gasteiger partial charge is 0.271 e. The Hall–Kier alpha value is -2.46. The molecule has 0 heterocycles. The van der Waals surface area contributed by atoms with Crippen LogP contribution in [0.4, 0.5) is 4.39 Å². The molecule has 0 aliphatic carbocycles. The van der Waals surface area contributed by atoms with E-state index in [1.165, 1.54) is 30.5 Å². The third-order valence-corrected chi connectivity index (χ3v) is 5.42. The lowest BCUT2D eigenvalue weighted by atomic mass is 10.2. The lowest BCUT2D eigenvalue weighted by Gasteiger charge is -2.14. The molecule has 0 fully saturated rings. The van der Waals surface area contributed by atoms with Crippen LogP contribution in [0.1, 0.15) is 28.4 Å². The van der Waals surface area contributed by atoms with Gasteiger partial charge in [-0.1, -0.05) is 12.1 Å². The van der Waals surface area contributed by atoms with Crippen LogP contribution in [0.2, 0.25) is 0 Å². The van der Waals surface area contributed by atoms with E-state index in [1.807, 2.05) is 37.3 Å². The fourth-order valence-electron chi connectivity index (χ4n) is 2.63. The van der Waals surface area contributed by atoms with Crippen molar-refractivity contribution in [2.24, 2.45) is 5.10 Å². The Kier molecular flexibility index (Phi) is 8.42. The van der Waals surface area contributed by atoms with E-state index in [-0.39, 0.29) is 0 Å². The highest BCUT2D eigenvalue weighted by molar-refractivity contribution is 14.1. The Bertz CT molecular complexity index is 1070. The number of carbonyl (C=O) groups excluding carboxylic acids is 1. The number of rotatable bonds is 8. The molecule has 0 bridgehead atoms. The number of amides is 1. The average Bonchev–Trinajstić information content (AvgIpc) is 2.75. The van der Waals surface area contributed by atoms with E-state index in [0.29, 0.717) is 40.3 Å². The second-order valence-corrected chi connectivity index (χ2v) is 8.48. The van der Waals surface area contributed by atoms with Gasteiger partial charge in [0.05, 0.1) is 17.3 Å². The summed E-state index contributed by atoms with van der Waals surface area (Å²) in [6, 6.07) is 16.9. The molecule has 5 nitrogen and oxygen atoms in total. The minimum Gasteiger partial charge on any atom is -0.490 e. The van der Waals surface area contributed by atoms with Crippen molar-refractivity contribution in [1.29, 1.82) is 0 Å². The highest BCUT2D eigenvalue weighted by Crippen LogP contribution is 2.37. The first kappa shape index (κ1) is 23.2. The number of carbonyl (C=O) groups is 1. The van der Waals surface area contributed by atoms with Gasteiger partial charge in [0.1, 0.15) is 12.4 Å². The summed E-state index contributed by atoms with van der Waals surface area (Å²) in [5, 5.41) is 3.98. The SMILES string of the molecule is CCOc1cc(/C=N\NC(=O)c2ccc(F)cc2)cc(Br)c1OCc1ccc(I)cc1. The first-order valence-corrected chi connectivity index (χ1v) is 11.3. The van der Waals surface area contributed by atoms with E-state index in [0.717, 1.165) is 9.13 Å². The maximum atomic E-state index is 13.0. The summed E-state index contributed by atoms with van der Waals surface area (Å²) in [7, 11) is 0. The molecule has 0 aliphatic rings. The topological polar surface area (TPSA) is 59.9 Å². The van der Waals surface area contributed by atoms with Gasteiger partial charge in [-0.2, -0.15) is 5.10 Å². The number of nitrogens with one attached hydrogen (secondary N) is 1. The van der Waals surface area contributed by atoms with Crippen LogP contribution in [0.15, 0.2) is 70.2 Å². The molecule has 0 spiro atoms. The van der Waals surface area contributed by atoms with Crippen molar-refractivity contribution in [2.75, 3.05) is 6.61 Å². The van der Waals surface area contributed by atoms with Gasteiger partial charge < -0.3 is 9.47 Å². The lowest BCUT2D eigenvalue weighted by Crippen LogP contribution is -2.17. The molecule has 0 aliphatic heterocycles. The normalized spacial score (nSPS) is 10.8. The molecule has 160 valence electrons. The Labute approximate surface area is 201 Å². The molecular weight excluding hydrogens is 578 g/mol. The molecule has 1 amide bonds. The highest BCUT2D eigenvalue weighted by atomic mass is 127. The fourth-order valence-corrected chi connectivity index (χ4v) is 3.57. The van der Waals surface area contributed by atoms with Gasteiger partial charge in [-0.25, -0.2) is 9.82 Å². The van der Waals surface area contributed by atoms with Crippen LogP contribution >= 0.6 is 38.5 Å². The van der Waals surface area contributed by atoms with Gasteiger partial charge in [-0.05, 0) is 105 Å². The van der Waals surface area contributed by atoms with E-state index in [4.69, 9.17) is 9.47 Å². The number of hydrazone groups is 1. The second kappa shape index (κ2) is 11.2. The molecule has 0 atom stereocenters. The molecule has 31 heavy (non-hydrogen) atoms. The van der Waals surface area contributed by atoms with Gasteiger partial charge >= 0.3 is 0 Å². The molecule has 0 saturated carbocycles. The largest absolute Gasteiger partial charge is 0.490 e. The third-order valence-electron chi connectivity index (χ3n) is 4.11. The number of halogens is 3. The summed E-state index contributed by atoms with van der Waals surface area (Å²) in [5.74, 6) is 0.317. The van der Waals surface area contributed by atoms with Gasteiger partial charge in [-0.15, -0.1) is 0 Å². The number of hydrogen-bond donors (Lipinski definition) is 1. The lowest BCUT2D eigenvalue weighted by molar-refractivity contribution is 0.0955. The van der Waals surface area contributed by atoms with Crippen molar-refractivity contribution in [1.82, 2.24) is 5.43 Å². The molecule has 0 saturated heterocycles. The second-order valence-electron chi connectivity index (χ2n) is 6.38. The summed E-state index contributed by atoms with van der Waals surface area (Å²) in [5.41, 5.74) is 4.49. The van der Waals surface area contributed by atoms with Gasteiger partial charge in [0, 0.05) is 9.13 Å². The Morgan fingerprint density at radius 3 is 2.52 bits per heavy atom. The highest BCUT2D eigenvalue weighted by Gasteiger charge is 2.12. The Morgan fingerprint density at radius 2 is 1.84 bits per heavy atom. The predicted octanol–water partition coefficient (Wildman–Crippen LogP) is 5.93. The summed E-state index contributed by atoms with van der Waals surface area (Å²) in [6.07, 6.45) is 1.50. The predicted molar refractivity (Wildman–Crippen MR) is 130 cm³/mol. The van der Waals surface area contributed by atoms with Gasteiger partial charge in [0.15, 0.2) is 11.5 Å². The van der Waals surface area contributed by atoms with Crippen molar-refractivity contribution in [3.8, 4) is 11.5 Å². The number of nitrogens with zero attached hydrogens (tertiary/aromatic N) is 1. The van der Waals surface area contributed by atoms with Crippen molar-refractivity contribution in [2.45, 2.75) is 13.5 Å². The number of benzene rings is 3. The fraction of sp³-hybridized carbons (Fsp3) is 0.130. The molecule has 8 heteroatoms. The molecule has 0 aromatic heterocycles. The average molecular weight is 597 g/mol. The Morgan fingerprint density at radius 1 is 1.13 bits per heavy atom. The Balaban J connectivity index is 1.71. The van der Waals surface area contributed by atoms with Crippen LogP contribution < -0.4 is 14.9 Å². The molecule has 1 N–H and O–H groups in total. The molecule has 0 unspecified atom stereocenters. The number of ether oxygens (including phenoxy) is 2. The molecular formula is C23H19BrFIN2O3. The molecule has 3 rings (SSSR count). The monoisotopic (exact) mass is 596 g/mol. The first-order valence-electron chi connectivity index (χ1n) is 9.39. The van der Waals surface area contributed by atoms with Crippen molar-refractivity contribution in [3.05, 3.63) is 91.2 Å². The van der Waals surface area contributed by atoms with Crippen LogP contribution in [-0.4, -0.2) is 18.7 Å². The van der Waals surface area contributed by atoms with Gasteiger partial charge in [0.25, 0.3) is 5.91 Å². The maximum Gasteiger partial charge on any atom is 0.271 e. The molecule has 3 aromatic rings. The summed E-state index contributed by atoms with van der Waals surface area (Å²) in [6.45, 7) is 2.76. The van der Waals surface area contributed by atoms with Crippen LogP contribution in [-0.2, 0) is 6.61 Å². The molecule has 0 radical (unpaired) electrons. The van der Waals surface area contributed by atoms with Gasteiger partial charge in [-0.3, -0.25) is 4.79 Å². The zero-order valence-electron chi connectivity index (χ0n) is 16.6. The van der Waals surface area contributed by atoms with Crippen LogP contribution in [0.5, 0.6) is 11.5 Å². The zero-order valence-corrected chi connectivity index (χ0v) is 20.3. The van der Waals surface area contributed by atoms with Crippen molar-refractivity contribution >= 4 is 50.6 Å². The first-order chi connectivity index (χ1) is 15.0. The maximum absolute atomic E-state index is 13.0. The van der Waals surface area contributed by atoms with E-state index in [1.54, 1.807) is 6.07 Å².